The molecule has 0 radical (unpaired) electrons. The van der Waals surface area contributed by atoms with E-state index in [-0.39, 0.29) is 0 Å². The molecule has 0 aromatic heterocycles. The van der Waals surface area contributed by atoms with E-state index >= 15 is 0 Å². The number of fused-ring (bicyclic) bond motifs is 3. The van der Waals surface area contributed by atoms with Crippen molar-refractivity contribution in [2.75, 3.05) is 0 Å². The zero-order valence-electron chi connectivity index (χ0n) is 9.07. The normalized spacial score (nSPS) is 11.1. The Kier molecular flexibility index (Phi) is 2.15. The van der Waals surface area contributed by atoms with Crippen LogP contribution in [0.4, 0.5) is 0 Å². The molecule has 3 aromatic rings. The van der Waals surface area contributed by atoms with Crippen LogP contribution in [-0.2, 0) is 0 Å². The molecule has 0 spiro atoms. The van der Waals surface area contributed by atoms with E-state index in [4.69, 9.17) is 0 Å². The second-order valence-corrected chi connectivity index (χ2v) is 4.65. The predicted molar refractivity (Wildman–Crippen MR) is 73.4 cm³/mol. The summed E-state index contributed by atoms with van der Waals surface area (Å²) < 4.78 is 0. The number of hydrogen-bond acceptors (Lipinski definition) is 1. The van der Waals surface area contributed by atoms with Crippen molar-refractivity contribution in [3.8, 4) is 0 Å². The van der Waals surface area contributed by atoms with Gasteiger partial charge in [0, 0.05) is 4.90 Å². The molecule has 0 saturated heterocycles. The largest absolute Gasteiger partial charge is 0.143 e. The van der Waals surface area contributed by atoms with Gasteiger partial charge in [-0.05, 0) is 34.5 Å². The molecule has 78 valence electrons. The van der Waals surface area contributed by atoms with Gasteiger partial charge in [0.15, 0.2) is 0 Å². The van der Waals surface area contributed by atoms with Gasteiger partial charge >= 0.3 is 0 Å². The van der Waals surface area contributed by atoms with Gasteiger partial charge in [-0.2, -0.15) is 0 Å². The van der Waals surface area contributed by atoms with E-state index < -0.39 is 0 Å². The maximum Gasteiger partial charge on any atom is 0.0125 e. The minimum absolute atomic E-state index is 1.05. The fourth-order valence-electron chi connectivity index (χ4n) is 2.20. The Labute approximate surface area is 100 Å². The molecule has 0 nitrogen and oxygen atoms in total. The minimum Gasteiger partial charge on any atom is -0.143 e. The van der Waals surface area contributed by atoms with Crippen molar-refractivity contribution in [2.45, 2.75) is 11.8 Å². The van der Waals surface area contributed by atoms with Crippen LogP contribution < -0.4 is 0 Å². The number of benzene rings is 3. The summed E-state index contributed by atoms with van der Waals surface area (Å²) in [6.45, 7) is 2.13. The van der Waals surface area contributed by atoms with Crippen molar-refractivity contribution in [1.29, 1.82) is 0 Å². The number of hydrogen-bond donors (Lipinski definition) is 1. The molecule has 0 fully saturated rings. The molecule has 0 aliphatic carbocycles. The smallest absolute Gasteiger partial charge is 0.0125 e. The Balaban J connectivity index is 2.61. The molecule has 16 heavy (non-hydrogen) atoms. The first-order valence-corrected chi connectivity index (χ1v) is 5.81. The maximum atomic E-state index is 4.55. The SMILES string of the molecule is Cc1ccc2cc(S)c3ccccc3c2c1. The Morgan fingerprint density at radius 2 is 1.56 bits per heavy atom. The molecule has 3 rings (SSSR count). The van der Waals surface area contributed by atoms with Crippen molar-refractivity contribution in [3.63, 3.8) is 0 Å². The topological polar surface area (TPSA) is 0 Å². The molecule has 0 amide bonds. The van der Waals surface area contributed by atoms with Crippen molar-refractivity contribution >= 4 is 34.2 Å². The van der Waals surface area contributed by atoms with Gasteiger partial charge in [-0.1, -0.05) is 48.0 Å². The van der Waals surface area contributed by atoms with Gasteiger partial charge in [0.05, 0.1) is 0 Å². The summed E-state index contributed by atoms with van der Waals surface area (Å²) >= 11 is 4.55. The lowest BCUT2D eigenvalue weighted by Crippen LogP contribution is -1.81. The molecule has 0 unspecified atom stereocenters. The summed E-state index contributed by atoms with van der Waals surface area (Å²) in [6, 6.07) is 17.1. The van der Waals surface area contributed by atoms with Crippen LogP contribution in [0.2, 0.25) is 0 Å². The van der Waals surface area contributed by atoms with E-state index in [0.717, 1.165) is 4.90 Å². The molecule has 0 N–H and O–H groups in total. The van der Waals surface area contributed by atoms with E-state index in [1.807, 2.05) is 0 Å². The zero-order valence-corrected chi connectivity index (χ0v) is 9.96. The minimum atomic E-state index is 1.05. The van der Waals surface area contributed by atoms with Crippen LogP contribution in [0.15, 0.2) is 53.4 Å². The molecular weight excluding hydrogens is 212 g/mol. The molecule has 0 aliphatic rings. The lowest BCUT2D eigenvalue weighted by molar-refractivity contribution is 1.50. The van der Waals surface area contributed by atoms with Gasteiger partial charge < -0.3 is 0 Å². The zero-order chi connectivity index (χ0) is 11.1. The summed E-state index contributed by atoms with van der Waals surface area (Å²) in [7, 11) is 0. The van der Waals surface area contributed by atoms with E-state index in [2.05, 4.69) is 68.1 Å². The fourth-order valence-corrected chi connectivity index (χ4v) is 2.53. The Bertz CT molecular complexity index is 683. The molecular formula is C15H12S. The highest BCUT2D eigenvalue weighted by Crippen LogP contribution is 2.30. The van der Waals surface area contributed by atoms with Crippen molar-refractivity contribution in [2.24, 2.45) is 0 Å². The van der Waals surface area contributed by atoms with Crippen molar-refractivity contribution in [3.05, 3.63) is 54.1 Å². The van der Waals surface area contributed by atoms with Gasteiger partial charge in [0.1, 0.15) is 0 Å². The van der Waals surface area contributed by atoms with Gasteiger partial charge in [-0.25, -0.2) is 0 Å². The quantitative estimate of drug-likeness (QED) is 0.419. The lowest BCUT2D eigenvalue weighted by atomic mass is 10.0. The number of aryl methyl sites for hydroxylation is 1. The summed E-state index contributed by atoms with van der Waals surface area (Å²) in [5, 5.41) is 5.08. The van der Waals surface area contributed by atoms with E-state index in [0.29, 0.717) is 0 Å². The molecule has 0 bridgehead atoms. The second kappa shape index (κ2) is 3.53. The summed E-state index contributed by atoms with van der Waals surface area (Å²) in [4.78, 5) is 1.05. The van der Waals surface area contributed by atoms with Gasteiger partial charge in [-0.3, -0.25) is 0 Å². The van der Waals surface area contributed by atoms with Crippen LogP contribution in [0, 0.1) is 6.92 Å². The Morgan fingerprint density at radius 3 is 2.38 bits per heavy atom. The number of thiol groups is 1. The summed E-state index contributed by atoms with van der Waals surface area (Å²) in [5.41, 5.74) is 1.30. The van der Waals surface area contributed by atoms with Crippen molar-refractivity contribution < 1.29 is 0 Å². The van der Waals surface area contributed by atoms with Gasteiger partial charge in [0.2, 0.25) is 0 Å². The molecule has 0 heterocycles. The van der Waals surface area contributed by atoms with E-state index in [1.165, 1.54) is 27.1 Å². The first-order valence-electron chi connectivity index (χ1n) is 5.37. The first kappa shape index (κ1) is 9.73. The highest BCUT2D eigenvalue weighted by Gasteiger charge is 2.03. The standard InChI is InChI=1S/C15H12S/c1-10-6-7-11-9-15(16)13-5-3-2-4-12(13)14(11)8-10/h2-9,16H,1H3. The molecule has 0 saturated carbocycles. The third-order valence-electron chi connectivity index (χ3n) is 2.99. The van der Waals surface area contributed by atoms with Crippen LogP contribution in [0.3, 0.4) is 0 Å². The number of rotatable bonds is 0. The highest BCUT2D eigenvalue weighted by molar-refractivity contribution is 7.80. The highest BCUT2D eigenvalue weighted by atomic mass is 32.1. The first-order chi connectivity index (χ1) is 7.75. The van der Waals surface area contributed by atoms with Crippen LogP contribution in [0.5, 0.6) is 0 Å². The molecule has 0 aliphatic heterocycles. The fraction of sp³-hybridized carbons (Fsp3) is 0.0667. The average Bonchev–Trinajstić information content (AvgIpc) is 2.31. The second-order valence-electron chi connectivity index (χ2n) is 4.17. The molecule has 1 heteroatoms. The average molecular weight is 224 g/mol. The van der Waals surface area contributed by atoms with Gasteiger partial charge in [0.25, 0.3) is 0 Å². The molecule has 3 aromatic carbocycles. The van der Waals surface area contributed by atoms with Crippen LogP contribution >= 0.6 is 12.6 Å². The van der Waals surface area contributed by atoms with Crippen LogP contribution in [0.1, 0.15) is 5.56 Å². The molecule has 0 atom stereocenters. The Hall–Kier alpha value is -1.47. The van der Waals surface area contributed by atoms with Gasteiger partial charge in [-0.15, -0.1) is 12.6 Å². The third kappa shape index (κ3) is 1.40. The Morgan fingerprint density at radius 1 is 0.812 bits per heavy atom. The third-order valence-corrected chi connectivity index (χ3v) is 3.36. The maximum absolute atomic E-state index is 4.55. The van der Waals surface area contributed by atoms with Crippen LogP contribution in [0.25, 0.3) is 21.5 Å². The van der Waals surface area contributed by atoms with E-state index in [1.54, 1.807) is 0 Å². The van der Waals surface area contributed by atoms with E-state index in [9.17, 15) is 0 Å². The van der Waals surface area contributed by atoms with Crippen LogP contribution in [-0.4, -0.2) is 0 Å². The lowest BCUT2D eigenvalue weighted by Gasteiger charge is -2.07. The van der Waals surface area contributed by atoms with Crippen molar-refractivity contribution in [1.82, 2.24) is 0 Å². The summed E-state index contributed by atoms with van der Waals surface area (Å²) in [6.07, 6.45) is 0. The monoisotopic (exact) mass is 224 g/mol. The summed E-state index contributed by atoms with van der Waals surface area (Å²) in [5.74, 6) is 0. The predicted octanol–water partition coefficient (Wildman–Crippen LogP) is 4.59.